The summed E-state index contributed by atoms with van der Waals surface area (Å²) in [6.45, 7) is 7.05. The average Bonchev–Trinajstić information content (AvgIpc) is 3.28. The van der Waals surface area contributed by atoms with Crippen LogP contribution in [0, 0.1) is 20.8 Å². The lowest BCUT2D eigenvalue weighted by Gasteiger charge is -2.30. The van der Waals surface area contributed by atoms with Crippen molar-refractivity contribution in [3.8, 4) is 11.5 Å². The van der Waals surface area contributed by atoms with Crippen molar-refractivity contribution in [1.82, 2.24) is 20.1 Å². The van der Waals surface area contributed by atoms with Crippen LogP contribution >= 0.6 is 0 Å². The lowest BCUT2D eigenvalue weighted by atomic mass is 9.96. The highest BCUT2D eigenvalue weighted by Gasteiger charge is 2.28. The Labute approximate surface area is 163 Å². The minimum Gasteiger partial charge on any atom is -0.441 e. The molecule has 1 aromatic carbocycles. The van der Waals surface area contributed by atoms with Crippen LogP contribution in [0.25, 0.3) is 11.5 Å². The van der Waals surface area contributed by atoms with Gasteiger partial charge in [0, 0.05) is 31.5 Å². The Hall–Kier alpha value is -2.96. The standard InChI is InChI=1S/C21H24N4O3/c1-13-6-4-5-7-17(13)21-22-18(14(2)27-21)12-19(26)25-10-8-16(9-11-25)20-24-23-15(3)28-20/h4-7,16H,8-12H2,1-3H3. The fourth-order valence-corrected chi connectivity index (χ4v) is 3.63. The molecule has 146 valence electrons. The van der Waals surface area contributed by atoms with Gasteiger partial charge in [0.15, 0.2) is 0 Å². The molecule has 0 bridgehead atoms. The fourth-order valence-electron chi connectivity index (χ4n) is 3.63. The summed E-state index contributed by atoms with van der Waals surface area (Å²) in [7, 11) is 0. The summed E-state index contributed by atoms with van der Waals surface area (Å²) >= 11 is 0. The van der Waals surface area contributed by atoms with Gasteiger partial charge in [-0.15, -0.1) is 10.2 Å². The zero-order chi connectivity index (χ0) is 19.7. The number of aryl methyl sites for hydroxylation is 3. The van der Waals surface area contributed by atoms with Gasteiger partial charge in [-0.1, -0.05) is 18.2 Å². The smallest absolute Gasteiger partial charge is 0.228 e. The Morgan fingerprint density at radius 3 is 2.54 bits per heavy atom. The second-order valence-corrected chi connectivity index (χ2v) is 7.33. The minimum atomic E-state index is 0.0768. The van der Waals surface area contributed by atoms with Gasteiger partial charge in [0.1, 0.15) is 5.76 Å². The molecular weight excluding hydrogens is 356 g/mol. The van der Waals surface area contributed by atoms with Crippen molar-refractivity contribution in [1.29, 1.82) is 0 Å². The molecule has 1 aliphatic heterocycles. The first-order valence-electron chi connectivity index (χ1n) is 9.61. The van der Waals surface area contributed by atoms with E-state index in [0.717, 1.165) is 24.0 Å². The molecule has 0 unspecified atom stereocenters. The van der Waals surface area contributed by atoms with E-state index in [2.05, 4.69) is 15.2 Å². The van der Waals surface area contributed by atoms with Gasteiger partial charge in [-0.05, 0) is 38.3 Å². The second-order valence-electron chi connectivity index (χ2n) is 7.33. The van der Waals surface area contributed by atoms with Crippen LogP contribution in [0.15, 0.2) is 33.1 Å². The van der Waals surface area contributed by atoms with Crippen molar-refractivity contribution < 1.29 is 13.6 Å². The number of piperidine rings is 1. The number of oxazole rings is 1. The van der Waals surface area contributed by atoms with Crippen LogP contribution < -0.4 is 0 Å². The number of hydrogen-bond donors (Lipinski definition) is 0. The lowest BCUT2D eigenvalue weighted by Crippen LogP contribution is -2.39. The fraction of sp³-hybridized carbons (Fsp3) is 0.429. The summed E-state index contributed by atoms with van der Waals surface area (Å²) in [4.78, 5) is 19.3. The summed E-state index contributed by atoms with van der Waals surface area (Å²) < 4.78 is 11.4. The molecule has 0 aliphatic carbocycles. The minimum absolute atomic E-state index is 0.0768. The first kappa shape index (κ1) is 18.4. The molecule has 2 aromatic heterocycles. The number of rotatable bonds is 4. The first-order chi connectivity index (χ1) is 13.5. The molecular formula is C21H24N4O3. The summed E-state index contributed by atoms with van der Waals surface area (Å²) in [5.41, 5.74) is 2.76. The maximum absolute atomic E-state index is 12.8. The zero-order valence-corrected chi connectivity index (χ0v) is 16.4. The number of amides is 1. The van der Waals surface area contributed by atoms with Crippen LogP contribution in [-0.2, 0) is 11.2 Å². The van der Waals surface area contributed by atoms with Crippen molar-refractivity contribution in [2.75, 3.05) is 13.1 Å². The molecule has 0 spiro atoms. The maximum Gasteiger partial charge on any atom is 0.228 e. The normalized spacial score (nSPS) is 15.2. The Morgan fingerprint density at radius 2 is 1.86 bits per heavy atom. The van der Waals surface area contributed by atoms with Gasteiger partial charge in [0.2, 0.25) is 23.6 Å². The van der Waals surface area contributed by atoms with Crippen LogP contribution in [0.1, 0.15) is 47.6 Å². The molecule has 1 fully saturated rings. The number of nitrogens with zero attached hydrogens (tertiary/aromatic N) is 4. The Kier molecular flexibility index (Phi) is 4.98. The van der Waals surface area contributed by atoms with Gasteiger partial charge in [-0.3, -0.25) is 4.79 Å². The second kappa shape index (κ2) is 7.58. The predicted octanol–water partition coefficient (Wildman–Crippen LogP) is 3.60. The number of carbonyl (C=O) groups excluding carboxylic acids is 1. The van der Waals surface area contributed by atoms with Crippen LogP contribution in [0.4, 0.5) is 0 Å². The maximum atomic E-state index is 12.8. The Morgan fingerprint density at radius 1 is 1.11 bits per heavy atom. The van der Waals surface area contributed by atoms with Gasteiger partial charge in [-0.2, -0.15) is 0 Å². The number of benzene rings is 1. The molecule has 7 nitrogen and oxygen atoms in total. The monoisotopic (exact) mass is 380 g/mol. The van der Waals surface area contributed by atoms with Crippen molar-refractivity contribution in [3.05, 3.63) is 53.1 Å². The molecule has 0 atom stereocenters. The van der Waals surface area contributed by atoms with Gasteiger partial charge in [-0.25, -0.2) is 4.98 Å². The quantitative estimate of drug-likeness (QED) is 0.687. The van der Waals surface area contributed by atoms with E-state index in [4.69, 9.17) is 8.83 Å². The molecule has 3 aromatic rings. The highest BCUT2D eigenvalue weighted by Crippen LogP contribution is 2.28. The Balaban J connectivity index is 1.40. The number of carbonyl (C=O) groups is 1. The molecule has 3 heterocycles. The highest BCUT2D eigenvalue weighted by molar-refractivity contribution is 5.79. The van der Waals surface area contributed by atoms with E-state index < -0.39 is 0 Å². The van der Waals surface area contributed by atoms with E-state index in [1.54, 1.807) is 6.92 Å². The van der Waals surface area contributed by atoms with E-state index in [0.29, 0.717) is 42.2 Å². The molecule has 4 rings (SSSR count). The van der Waals surface area contributed by atoms with Crippen LogP contribution in [0.3, 0.4) is 0 Å². The third kappa shape index (κ3) is 3.69. The third-order valence-corrected chi connectivity index (χ3v) is 5.33. The molecule has 1 saturated heterocycles. The van der Waals surface area contributed by atoms with Crippen molar-refractivity contribution in [2.45, 2.75) is 46.0 Å². The lowest BCUT2D eigenvalue weighted by molar-refractivity contribution is -0.131. The Bertz CT molecular complexity index is 983. The van der Waals surface area contributed by atoms with Gasteiger partial charge >= 0.3 is 0 Å². The summed E-state index contributed by atoms with van der Waals surface area (Å²) in [6.07, 6.45) is 1.92. The summed E-state index contributed by atoms with van der Waals surface area (Å²) in [6, 6.07) is 7.95. The topological polar surface area (TPSA) is 85.3 Å². The first-order valence-corrected chi connectivity index (χ1v) is 9.61. The summed E-state index contributed by atoms with van der Waals surface area (Å²) in [5.74, 6) is 2.84. The third-order valence-electron chi connectivity index (χ3n) is 5.33. The van der Waals surface area contributed by atoms with Crippen LogP contribution in [-0.4, -0.2) is 39.1 Å². The van der Waals surface area contributed by atoms with Crippen molar-refractivity contribution in [2.24, 2.45) is 0 Å². The molecule has 0 radical (unpaired) electrons. The van der Waals surface area contributed by atoms with Crippen LogP contribution in [0.5, 0.6) is 0 Å². The van der Waals surface area contributed by atoms with Crippen molar-refractivity contribution in [3.63, 3.8) is 0 Å². The van der Waals surface area contributed by atoms with E-state index in [-0.39, 0.29) is 18.2 Å². The SMILES string of the molecule is Cc1nnc(C2CCN(C(=O)Cc3nc(-c4ccccc4C)oc3C)CC2)o1. The zero-order valence-electron chi connectivity index (χ0n) is 16.4. The highest BCUT2D eigenvalue weighted by atomic mass is 16.4. The van der Waals surface area contributed by atoms with Gasteiger partial charge in [0.25, 0.3) is 0 Å². The molecule has 0 N–H and O–H groups in total. The van der Waals surface area contributed by atoms with E-state index in [1.807, 2.05) is 43.0 Å². The van der Waals surface area contributed by atoms with E-state index in [9.17, 15) is 4.79 Å². The van der Waals surface area contributed by atoms with E-state index in [1.165, 1.54) is 0 Å². The van der Waals surface area contributed by atoms with Crippen LogP contribution in [0.2, 0.25) is 0 Å². The van der Waals surface area contributed by atoms with Gasteiger partial charge < -0.3 is 13.7 Å². The number of aromatic nitrogens is 3. The molecule has 1 aliphatic rings. The average molecular weight is 380 g/mol. The van der Waals surface area contributed by atoms with E-state index >= 15 is 0 Å². The van der Waals surface area contributed by atoms with Gasteiger partial charge in [0.05, 0.1) is 12.1 Å². The largest absolute Gasteiger partial charge is 0.441 e. The number of likely N-dealkylation sites (tertiary alicyclic amines) is 1. The predicted molar refractivity (Wildman–Crippen MR) is 103 cm³/mol. The molecule has 28 heavy (non-hydrogen) atoms. The molecule has 0 saturated carbocycles. The summed E-state index contributed by atoms with van der Waals surface area (Å²) in [5, 5.41) is 8.01. The molecule has 1 amide bonds. The van der Waals surface area contributed by atoms with Crippen molar-refractivity contribution >= 4 is 5.91 Å². The molecule has 7 heteroatoms. The number of hydrogen-bond acceptors (Lipinski definition) is 6.